The van der Waals surface area contributed by atoms with Gasteiger partial charge in [-0.2, -0.15) is 0 Å². The van der Waals surface area contributed by atoms with Gasteiger partial charge in [-0.15, -0.1) is 0 Å². The Balaban J connectivity index is 1.59. The average Bonchev–Trinajstić information content (AvgIpc) is 3.14. The first kappa shape index (κ1) is 15.0. The second kappa shape index (κ2) is 6.54. The van der Waals surface area contributed by atoms with E-state index in [9.17, 15) is 0 Å². The monoisotopic (exact) mass is 332 g/mol. The Morgan fingerprint density at radius 1 is 1.00 bits per heavy atom. The predicted octanol–water partition coefficient (Wildman–Crippen LogP) is 2.08. The Kier molecular flexibility index (Phi) is 3.93. The summed E-state index contributed by atoms with van der Waals surface area (Å²) in [5, 5.41) is 3.28. The smallest absolute Gasteiger partial charge is 0.183 e. The number of rotatable bonds is 5. The fourth-order valence-corrected chi connectivity index (χ4v) is 2.54. The Labute approximate surface area is 143 Å². The topological polar surface area (TPSA) is 106 Å². The molecule has 0 bridgehead atoms. The van der Waals surface area contributed by atoms with Gasteiger partial charge in [-0.05, 0) is 23.8 Å². The molecule has 0 aliphatic heterocycles. The number of hydrogen-bond donors (Lipinski definition) is 3. The average molecular weight is 332 g/mol. The van der Waals surface area contributed by atoms with Crippen LogP contribution in [0.25, 0.3) is 16.9 Å². The van der Waals surface area contributed by atoms with Gasteiger partial charge in [0, 0.05) is 43.1 Å². The van der Waals surface area contributed by atoms with Gasteiger partial charge in [0.15, 0.2) is 11.6 Å². The largest absolute Gasteiger partial charge is 0.363 e. The van der Waals surface area contributed by atoms with Crippen LogP contribution in [0.3, 0.4) is 0 Å². The van der Waals surface area contributed by atoms with Gasteiger partial charge in [-0.1, -0.05) is 6.07 Å². The maximum atomic E-state index is 5.55. The highest BCUT2D eigenvalue weighted by Gasteiger charge is 2.08. The van der Waals surface area contributed by atoms with Gasteiger partial charge in [0.2, 0.25) is 0 Å². The first-order valence-corrected chi connectivity index (χ1v) is 7.73. The molecule has 25 heavy (non-hydrogen) atoms. The van der Waals surface area contributed by atoms with Crippen LogP contribution >= 0.6 is 0 Å². The summed E-state index contributed by atoms with van der Waals surface area (Å²) in [7, 11) is 0. The van der Waals surface area contributed by atoms with Crippen molar-refractivity contribution in [2.45, 2.75) is 6.54 Å². The molecule has 0 amide bonds. The van der Waals surface area contributed by atoms with Crippen molar-refractivity contribution in [1.29, 1.82) is 0 Å². The second-order valence-electron chi connectivity index (χ2n) is 5.42. The van der Waals surface area contributed by atoms with E-state index < -0.39 is 0 Å². The van der Waals surface area contributed by atoms with Crippen LogP contribution in [-0.2, 0) is 6.54 Å². The van der Waals surface area contributed by atoms with Crippen molar-refractivity contribution >= 4 is 17.3 Å². The van der Waals surface area contributed by atoms with Crippen LogP contribution < -0.4 is 16.6 Å². The molecular formula is C17H16N8. The highest BCUT2D eigenvalue weighted by Crippen LogP contribution is 2.22. The number of hydrogen-bond acceptors (Lipinski definition) is 7. The van der Waals surface area contributed by atoms with Crippen molar-refractivity contribution in [2.24, 2.45) is 5.84 Å². The van der Waals surface area contributed by atoms with Gasteiger partial charge in [0.1, 0.15) is 5.65 Å². The molecule has 8 heteroatoms. The molecule has 0 aliphatic rings. The Morgan fingerprint density at radius 3 is 2.72 bits per heavy atom. The third-order valence-corrected chi connectivity index (χ3v) is 3.80. The van der Waals surface area contributed by atoms with E-state index in [0.29, 0.717) is 18.2 Å². The summed E-state index contributed by atoms with van der Waals surface area (Å²) >= 11 is 0. The minimum Gasteiger partial charge on any atom is -0.363 e. The minimum atomic E-state index is 0.488. The number of nitrogens with two attached hydrogens (primary N) is 1. The molecule has 4 rings (SSSR count). The van der Waals surface area contributed by atoms with E-state index in [0.717, 1.165) is 22.5 Å². The van der Waals surface area contributed by atoms with E-state index in [1.165, 1.54) is 0 Å². The highest BCUT2D eigenvalue weighted by atomic mass is 15.3. The van der Waals surface area contributed by atoms with Crippen molar-refractivity contribution in [3.63, 3.8) is 0 Å². The standard InChI is InChI=1S/C17H16N8/c18-24-17-16(23-14(10-22-17)13-3-5-19-6-4-13)21-9-12-1-2-15-20-7-8-25(15)11-12/h1-8,10-11H,9,18H2,(H,21,23)(H,22,24). The van der Waals surface area contributed by atoms with Gasteiger partial charge in [0.25, 0.3) is 0 Å². The molecule has 0 saturated heterocycles. The molecule has 0 aromatic carbocycles. The highest BCUT2D eigenvalue weighted by molar-refractivity contribution is 5.66. The Hall–Kier alpha value is -3.52. The van der Waals surface area contributed by atoms with Gasteiger partial charge >= 0.3 is 0 Å². The molecule has 4 aromatic heterocycles. The molecule has 0 unspecified atom stereocenters. The van der Waals surface area contributed by atoms with Crippen molar-refractivity contribution in [2.75, 3.05) is 10.7 Å². The number of anilines is 2. The first-order chi connectivity index (χ1) is 12.3. The third-order valence-electron chi connectivity index (χ3n) is 3.80. The molecule has 0 saturated carbocycles. The molecule has 124 valence electrons. The van der Waals surface area contributed by atoms with Crippen molar-refractivity contribution in [1.82, 2.24) is 24.3 Å². The van der Waals surface area contributed by atoms with Crippen LogP contribution in [0.15, 0.2) is 61.4 Å². The van der Waals surface area contributed by atoms with Gasteiger partial charge < -0.3 is 15.1 Å². The van der Waals surface area contributed by atoms with Crippen LogP contribution in [0.5, 0.6) is 0 Å². The lowest BCUT2D eigenvalue weighted by molar-refractivity contribution is 1.05. The van der Waals surface area contributed by atoms with E-state index in [2.05, 4.69) is 30.7 Å². The predicted molar refractivity (Wildman–Crippen MR) is 95.6 cm³/mol. The summed E-state index contributed by atoms with van der Waals surface area (Å²) in [6.45, 7) is 0.581. The summed E-state index contributed by atoms with van der Waals surface area (Å²) in [6.07, 6.45) is 10.8. The summed E-state index contributed by atoms with van der Waals surface area (Å²) in [5.74, 6) is 6.63. The molecule has 0 spiro atoms. The Morgan fingerprint density at radius 2 is 1.88 bits per heavy atom. The van der Waals surface area contributed by atoms with Crippen LogP contribution in [0.1, 0.15) is 5.56 Å². The van der Waals surface area contributed by atoms with E-state index >= 15 is 0 Å². The molecule has 8 nitrogen and oxygen atoms in total. The van der Waals surface area contributed by atoms with Crippen LogP contribution in [0.4, 0.5) is 11.6 Å². The van der Waals surface area contributed by atoms with E-state index in [4.69, 9.17) is 5.84 Å². The number of nitrogen functional groups attached to an aromatic ring is 1. The molecule has 4 heterocycles. The third kappa shape index (κ3) is 3.10. The fraction of sp³-hybridized carbons (Fsp3) is 0.0588. The summed E-state index contributed by atoms with van der Waals surface area (Å²) < 4.78 is 1.97. The second-order valence-corrected chi connectivity index (χ2v) is 5.42. The van der Waals surface area contributed by atoms with Gasteiger partial charge in [0.05, 0.1) is 11.9 Å². The molecule has 0 fully saturated rings. The number of nitrogens with zero attached hydrogens (tertiary/aromatic N) is 5. The van der Waals surface area contributed by atoms with E-state index in [1.807, 2.05) is 41.1 Å². The number of pyridine rings is 2. The van der Waals surface area contributed by atoms with Gasteiger partial charge in [-0.3, -0.25) is 4.98 Å². The maximum absolute atomic E-state index is 5.55. The first-order valence-electron chi connectivity index (χ1n) is 7.73. The van der Waals surface area contributed by atoms with E-state index in [-0.39, 0.29) is 0 Å². The zero-order valence-corrected chi connectivity index (χ0v) is 13.3. The summed E-state index contributed by atoms with van der Waals surface area (Å²) in [4.78, 5) is 17.2. The lowest BCUT2D eigenvalue weighted by Crippen LogP contribution is -2.13. The quantitative estimate of drug-likeness (QED) is 0.379. The molecule has 0 atom stereocenters. The van der Waals surface area contributed by atoms with Crippen molar-refractivity contribution in [3.8, 4) is 11.3 Å². The number of aromatic nitrogens is 5. The van der Waals surface area contributed by atoms with Crippen molar-refractivity contribution < 1.29 is 0 Å². The number of fused-ring (bicyclic) bond motifs is 1. The molecule has 0 radical (unpaired) electrons. The maximum Gasteiger partial charge on any atom is 0.183 e. The summed E-state index contributed by atoms with van der Waals surface area (Å²) in [5.41, 5.74) is 6.25. The van der Waals surface area contributed by atoms with Gasteiger partial charge in [-0.25, -0.2) is 20.8 Å². The zero-order valence-electron chi connectivity index (χ0n) is 13.3. The zero-order chi connectivity index (χ0) is 17.1. The van der Waals surface area contributed by atoms with Crippen molar-refractivity contribution in [3.05, 3.63) is 67.0 Å². The molecule has 0 aliphatic carbocycles. The lowest BCUT2D eigenvalue weighted by Gasteiger charge is -2.12. The number of imidazole rings is 1. The lowest BCUT2D eigenvalue weighted by atomic mass is 10.2. The number of nitrogens with one attached hydrogen (secondary N) is 2. The minimum absolute atomic E-state index is 0.488. The Bertz CT molecular complexity index is 996. The van der Waals surface area contributed by atoms with Crippen LogP contribution in [-0.4, -0.2) is 24.3 Å². The normalized spacial score (nSPS) is 10.8. The summed E-state index contributed by atoms with van der Waals surface area (Å²) in [6, 6.07) is 7.76. The SMILES string of the molecule is NNc1ncc(-c2ccncc2)nc1NCc1ccc2nccn2c1. The van der Waals surface area contributed by atoms with Crippen LogP contribution in [0.2, 0.25) is 0 Å². The molecule has 4 aromatic rings. The fourth-order valence-electron chi connectivity index (χ4n) is 2.54. The molecular weight excluding hydrogens is 316 g/mol. The van der Waals surface area contributed by atoms with E-state index in [1.54, 1.807) is 24.8 Å². The number of hydrazine groups is 1. The molecule has 4 N–H and O–H groups in total. The van der Waals surface area contributed by atoms with Crippen LogP contribution in [0, 0.1) is 0 Å².